The molecule has 0 saturated carbocycles. The molecule has 1 aliphatic heterocycles. The van der Waals surface area contributed by atoms with Crippen molar-refractivity contribution >= 4 is 5.91 Å². The van der Waals surface area contributed by atoms with E-state index in [1.165, 1.54) is 0 Å². The zero-order valence-electron chi connectivity index (χ0n) is 9.95. The van der Waals surface area contributed by atoms with Crippen LogP contribution in [0.15, 0.2) is 0 Å². The average Bonchev–Trinajstić information content (AvgIpc) is 2.18. The zero-order valence-corrected chi connectivity index (χ0v) is 9.95. The van der Waals surface area contributed by atoms with E-state index >= 15 is 0 Å². The van der Waals surface area contributed by atoms with E-state index in [9.17, 15) is 4.79 Å². The van der Waals surface area contributed by atoms with Gasteiger partial charge in [0.05, 0.1) is 0 Å². The number of ether oxygens (including phenoxy) is 1. The molecule has 0 spiro atoms. The van der Waals surface area contributed by atoms with Gasteiger partial charge >= 0.3 is 0 Å². The first-order valence-corrected chi connectivity index (χ1v) is 5.63. The summed E-state index contributed by atoms with van der Waals surface area (Å²) < 4.78 is 5.03. The van der Waals surface area contributed by atoms with Crippen LogP contribution in [0.2, 0.25) is 0 Å². The third-order valence-electron chi connectivity index (χ3n) is 2.70. The molecule has 88 valence electrons. The highest BCUT2D eigenvalue weighted by Gasteiger charge is 2.21. The summed E-state index contributed by atoms with van der Waals surface area (Å²) in [5.74, 6) is 0.570. The molecule has 1 N–H and O–H groups in total. The number of piperazine rings is 1. The Labute approximate surface area is 92.0 Å². The molecule has 1 aliphatic rings. The maximum absolute atomic E-state index is 11.9. The molecule has 2 unspecified atom stereocenters. The number of amides is 1. The van der Waals surface area contributed by atoms with Crippen LogP contribution in [0.1, 0.15) is 20.3 Å². The van der Waals surface area contributed by atoms with Crippen LogP contribution in [0.5, 0.6) is 0 Å². The molecule has 1 amide bonds. The second-order valence-electron chi connectivity index (χ2n) is 4.46. The molecule has 1 saturated heterocycles. The summed E-state index contributed by atoms with van der Waals surface area (Å²) in [6, 6.07) is 0.417. The van der Waals surface area contributed by atoms with Crippen LogP contribution >= 0.6 is 0 Å². The maximum Gasteiger partial charge on any atom is 0.223 e. The smallest absolute Gasteiger partial charge is 0.223 e. The van der Waals surface area contributed by atoms with Crippen molar-refractivity contribution < 1.29 is 9.53 Å². The van der Waals surface area contributed by atoms with Gasteiger partial charge in [-0.3, -0.25) is 4.79 Å². The summed E-state index contributed by atoms with van der Waals surface area (Å²) in [5, 5.41) is 3.33. The molecule has 4 heteroatoms. The lowest BCUT2D eigenvalue weighted by Gasteiger charge is -2.32. The fourth-order valence-corrected chi connectivity index (χ4v) is 1.93. The van der Waals surface area contributed by atoms with Crippen LogP contribution in [0.25, 0.3) is 0 Å². The van der Waals surface area contributed by atoms with E-state index in [4.69, 9.17) is 4.74 Å². The van der Waals surface area contributed by atoms with Gasteiger partial charge in [-0.15, -0.1) is 0 Å². The number of methoxy groups -OCH3 is 1. The molecule has 1 heterocycles. The Hall–Kier alpha value is -0.610. The molecule has 1 rings (SSSR count). The van der Waals surface area contributed by atoms with Crippen molar-refractivity contribution in [1.82, 2.24) is 10.2 Å². The van der Waals surface area contributed by atoms with E-state index in [2.05, 4.69) is 12.2 Å². The molecule has 0 aromatic rings. The van der Waals surface area contributed by atoms with Gasteiger partial charge in [-0.25, -0.2) is 0 Å². The van der Waals surface area contributed by atoms with Crippen molar-refractivity contribution in [3.8, 4) is 0 Å². The number of nitrogens with one attached hydrogen (secondary N) is 1. The number of carbonyl (C=O) groups excluding carboxylic acids is 1. The van der Waals surface area contributed by atoms with Crippen molar-refractivity contribution in [3.63, 3.8) is 0 Å². The molecule has 1 fully saturated rings. The Kier molecular flexibility index (Phi) is 5.05. The van der Waals surface area contributed by atoms with E-state index in [-0.39, 0.29) is 5.91 Å². The van der Waals surface area contributed by atoms with E-state index in [1.807, 2.05) is 11.8 Å². The minimum Gasteiger partial charge on any atom is -0.384 e. The summed E-state index contributed by atoms with van der Waals surface area (Å²) in [6.45, 7) is 7.39. The molecular weight excluding hydrogens is 192 g/mol. The predicted octanol–water partition coefficient (Wildman–Crippen LogP) is 0.479. The number of nitrogens with zero attached hydrogens (tertiary/aromatic N) is 1. The highest BCUT2D eigenvalue weighted by molar-refractivity contribution is 5.76. The third kappa shape index (κ3) is 4.18. The summed E-state index contributed by atoms with van der Waals surface area (Å²) in [7, 11) is 1.67. The number of rotatable bonds is 4. The topological polar surface area (TPSA) is 41.6 Å². The minimum absolute atomic E-state index is 0.257. The quantitative estimate of drug-likeness (QED) is 0.740. The SMILES string of the molecule is COCC(C)CC(=O)N1CCNC(C)C1. The fraction of sp³-hybridized carbons (Fsp3) is 0.909. The zero-order chi connectivity index (χ0) is 11.3. The van der Waals surface area contributed by atoms with Gasteiger partial charge in [-0.2, -0.15) is 0 Å². The first-order valence-electron chi connectivity index (χ1n) is 5.63. The summed E-state index contributed by atoms with van der Waals surface area (Å²) in [6.07, 6.45) is 0.598. The molecule has 4 nitrogen and oxygen atoms in total. The average molecular weight is 214 g/mol. The van der Waals surface area contributed by atoms with Crippen molar-refractivity contribution in [2.24, 2.45) is 5.92 Å². The first kappa shape index (κ1) is 12.5. The fourth-order valence-electron chi connectivity index (χ4n) is 1.93. The van der Waals surface area contributed by atoms with Gasteiger partial charge in [-0.05, 0) is 12.8 Å². The van der Waals surface area contributed by atoms with Crippen LogP contribution in [0, 0.1) is 5.92 Å². The molecule has 15 heavy (non-hydrogen) atoms. The normalized spacial score (nSPS) is 23.9. The van der Waals surface area contributed by atoms with E-state index in [0.29, 0.717) is 25.0 Å². The van der Waals surface area contributed by atoms with Gasteiger partial charge in [0.15, 0.2) is 0 Å². The van der Waals surface area contributed by atoms with Crippen LogP contribution in [0.3, 0.4) is 0 Å². The van der Waals surface area contributed by atoms with E-state index in [0.717, 1.165) is 19.6 Å². The standard InChI is InChI=1S/C11H22N2O2/c1-9(8-15-3)6-11(14)13-5-4-12-10(2)7-13/h9-10,12H,4-8H2,1-3H3. The van der Waals surface area contributed by atoms with Crippen LogP contribution < -0.4 is 5.32 Å². The van der Waals surface area contributed by atoms with Crippen LogP contribution in [-0.2, 0) is 9.53 Å². The molecule has 0 radical (unpaired) electrons. The van der Waals surface area contributed by atoms with Crippen molar-refractivity contribution in [1.29, 1.82) is 0 Å². The van der Waals surface area contributed by atoms with Gasteiger partial charge in [0.1, 0.15) is 0 Å². The molecular formula is C11H22N2O2. The van der Waals surface area contributed by atoms with E-state index < -0.39 is 0 Å². The predicted molar refractivity (Wildman–Crippen MR) is 59.7 cm³/mol. The second-order valence-corrected chi connectivity index (χ2v) is 4.46. The van der Waals surface area contributed by atoms with Gasteiger partial charge in [-0.1, -0.05) is 6.92 Å². The molecule has 2 atom stereocenters. The highest BCUT2D eigenvalue weighted by Crippen LogP contribution is 2.08. The van der Waals surface area contributed by atoms with Crippen molar-refractivity contribution in [3.05, 3.63) is 0 Å². The Morgan fingerprint density at radius 2 is 2.40 bits per heavy atom. The third-order valence-corrected chi connectivity index (χ3v) is 2.70. The highest BCUT2D eigenvalue weighted by atomic mass is 16.5. The van der Waals surface area contributed by atoms with Gasteiger partial charge in [0.25, 0.3) is 0 Å². The summed E-state index contributed by atoms with van der Waals surface area (Å²) in [5.41, 5.74) is 0. The van der Waals surface area contributed by atoms with Crippen LogP contribution in [0.4, 0.5) is 0 Å². The van der Waals surface area contributed by atoms with Gasteiger partial charge < -0.3 is 15.0 Å². The summed E-state index contributed by atoms with van der Waals surface area (Å²) in [4.78, 5) is 13.8. The molecule has 0 aliphatic carbocycles. The lowest BCUT2D eigenvalue weighted by Crippen LogP contribution is -2.51. The van der Waals surface area contributed by atoms with Gasteiger partial charge in [0.2, 0.25) is 5.91 Å². The lowest BCUT2D eigenvalue weighted by molar-refractivity contribution is -0.133. The molecule has 0 bridgehead atoms. The second kappa shape index (κ2) is 6.08. The molecule has 0 aromatic carbocycles. The lowest BCUT2D eigenvalue weighted by atomic mass is 10.1. The van der Waals surface area contributed by atoms with E-state index in [1.54, 1.807) is 7.11 Å². The Balaban J connectivity index is 2.32. The monoisotopic (exact) mass is 214 g/mol. The minimum atomic E-state index is 0.257. The first-order chi connectivity index (χ1) is 7.13. The van der Waals surface area contributed by atoms with Crippen molar-refractivity contribution in [2.75, 3.05) is 33.4 Å². The Bertz CT molecular complexity index is 209. The summed E-state index contributed by atoms with van der Waals surface area (Å²) >= 11 is 0. The Morgan fingerprint density at radius 1 is 1.67 bits per heavy atom. The maximum atomic E-state index is 11.9. The largest absolute Gasteiger partial charge is 0.384 e. The molecule has 0 aromatic heterocycles. The van der Waals surface area contributed by atoms with Gasteiger partial charge in [0, 0.05) is 45.8 Å². The number of carbonyl (C=O) groups is 1. The van der Waals surface area contributed by atoms with Crippen LogP contribution in [-0.4, -0.2) is 50.2 Å². The Morgan fingerprint density at radius 3 is 3.00 bits per heavy atom. The number of hydrogen-bond acceptors (Lipinski definition) is 3. The van der Waals surface area contributed by atoms with Crippen molar-refractivity contribution in [2.45, 2.75) is 26.3 Å². The number of hydrogen-bond donors (Lipinski definition) is 1.